The highest BCUT2D eigenvalue weighted by molar-refractivity contribution is 5.94. The predicted octanol–water partition coefficient (Wildman–Crippen LogP) is 2.86. The molecule has 1 atom stereocenters. The van der Waals surface area contributed by atoms with Gasteiger partial charge in [-0.1, -0.05) is 30.3 Å². The average Bonchev–Trinajstić information content (AvgIpc) is 2.36. The van der Waals surface area contributed by atoms with Crippen LogP contribution in [0.1, 0.15) is 32.6 Å². The number of benzene rings is 1. The number of hydrogen-bond donors (Lipinski definition) is 0. The lowest BCUT2D eigenvalue weighted by Crippen LogP contribution is -2.40. The first-order valence-corrected chi connectivity index (χ1v) is 5.85. The molecule has 0 saturated heterocycles. The van der Waals surface area contributed by atoms with E-state index in [0.29, 0.717) is 17.9 Å². The lowest BCUT2D eigenvalue weighted by atomic mass is 10.1. The molecule has 0 radical (unpaired) electrons. The van der Waals surface area contributed by atoms with Crippen molar-refractivity contribution in [3.05, 3.63) is 47.2 Å². The average molecular weight is 231 g/mol. The van der Waals surface area contributed by atoms with Gasteiger partial charge in [0, 0.05) is 12.1 Å². The van der Waals surface area contributed by atoms with Crippen LogP contribution in [0.15, 0.2) is 41.7 Å². The Bertz CT molecular complexity index is 451. The zero-order chi connectivity index (χ0) is 12.4. The zero-order valence-corrected chi connectivity index (χ0v) is 10.4. The summed E-state index contributed by atoms with van der Waals surface area (Å²) in [7, 11) is 0. The van der Waals surface area contributed by atoms with Crippen LogP contribution in [-0.2, 0) is 9.53 Å². The molecule has 2 rings (SSSR count). The number of carbonyl (C=O) groups excluding carboxylic acids is 1. The summed E-state index contributed by atoms with van der Waals surface area (Å²) in [6.45, 7) is 6.26. The number of amides is 1. The van der Waals surface area contributed by atoms with E-state index in [-0.39, 0.29) is 12.1 Å². The largest absolute Gasteiger partial charge is 0.470 e. The van der Waals surface area contributed by atoms with Gasteiger partial charge in [0.2, 0.25) is 6.23 Å². The van der Waals surface area contributed by atoms with E-state index >= 15 is 0 Å². The van der Waals surface area contributed by atoms with Crippen LogP contribution in [-0.4, -0.2) is 17.4 Å². The van der Waals surface area contributed by atoms with E-state index in [1.807, 2.05) is 51.1 Å². The van der Waals surface area contributed by atoms with Gasteiger partial charge in [0.05, 0.1) is 5.57 Å². The standard InChI is InChI=1S/C14H17NO2/c1-4-15-13(16)10(2)11(3)17-14(15)12-8-6-5-7-9-12/h5-9,14H,4H2,1-3H3. The van der Waals surface area contributed by atoms with E-state index in [9.17, 15) is 4.79 Å². The Morgan fingerprint density at radius 3 is 2.47 bits per heavy atom. The van der Waals surface area contributed by atoms with E-state index < -0.39 is 0 Å². The van der Waals surface area contributed by atoms with Crippen molar-refractivity contribution in [3.63, 3.8) is 0 Å². The fraction of sp³-hybridized carbons (Fsp3) is 0.357. The first-order valence-electron chi connectivity index (χ1n) is 5.85. The molecule has 90 valence electrons. The molecule has 1 aliphatic rings. The Labute approximate surface area is 102 Å². The van der Waals surface area contributed by atoms with Crippen LogP contribution in [0.2, 0.25) is 0 Å². The number of carbonyl (C=O) groups is 1. The minimum absolute atomic E-state index is 0.0603. The number of rotatable bonds is 2. The van der Waals surface area contributed by atoms with Gasteiger partial charge in [0.25, 0.3) is 5.91 Å². The Morgan fingerprint density at radius 2 is 1.88 bits per heavy atom. The summed E-state index contributed by atoms with van der Waals surface area (Å²) in [5.41, 5.74) is 1.70. The lowest BCUT2D eigenvalue weighted by molar-refractivity contribution is -0.143. The zero-order valence-electron chi connectivity index (χ0n) is 10.4. The summed E-state index contributed by atoms with van der Waals surface area (Å²) in [5, 5.41) is 0. The van der Waals surface area contributed by atoms with Crippen LogP contribution >= 0.6 is 0 Å². The number of ether oxygens (including phenoxy) is 1. The van der Waals surface area contributed by atoms with E-state index in [1.54, 1.807) is 4.90 Å². The third-order valence-electron chi connectivity index (χ3n) is 3.11. The molecule has 0 N–H and O–H groups in total. The van der Waals surface area contributed by atoms with Gasteiger partial charge in [-0.2, -0.15) is 0 Å². The van der Waals surface area contributed by atoms with Gasteiger partial charge >= 0.3 is 0 Å². The molecule has 0 saturated carbocycles. The van der Waals surface area contributed by atoms with E-state index in [0.717, 1.165) is 5.56 Å². The van der Waals surface area contributed by atoms with Crippen LogP contribution in [0.25, 0.3) is 0 Å². The second-order valence-electron chi connectivity index (χ2n) is 4.15. The van der Waals surface area contributed by atoms with Crippen LogP contribution < -0.4 is 0 Å². The molecule has 17 heavy (non-hydrogen) atoms. The molecule has 3 nitrogen and oxygen atoms in total. The van der Waals surface area contributed by atoms with Gasteiger partial charge in [-0.25, -0.2) is 0 Å². The van der Waals surface area contributed by atoms with Crippen LogP contribution in [0.5, 0.6) is 0 Å². The van der Waals surface area contributed by atoms with E-state index in [2.05, 4.69) is 0 Å². The molecule has 0 bridgehead atoms. The third-order valence-corrected chi connectivity index (χ3v) is 3.11. The molecule has 1 aliphatic heterocycles. The topological polar surface area (TPSA) is 29.5 Å². The van der Waals surface area contributed by atoms with Gasteiger partial charge in [0.1, 0.15) is 5.76 Å². The number of likely N-dealkylation sites (N-methyl/N-ethyl adjacent to an activating group) is 1. The molecule has 1 unspecified atom stereocenters. The quantitative estimate of drug-likeness (QED) is 0.783. The van der Waals surface area contributed by atoms with Crippen molar-refractivity contribution in [1.29, 1.82) is 0 Å². The fourth-order valence-electron chi connectivity index (χ4n) is 1.97. The van der Waals surface area contributed by atoms with Gasteiger partial charge in [-0.3, -0.25) is 9.69 Å². The summed E-state index contributed by atoms with van der Waals surface area (Å²) in [6, 6.07) is 9.83. The van der Waals surface area contributed by atoms with Crippen molar-refractivity contribution in [2.24, 2.45) is 0 Å². The molecule has 1 aromatic carbocycles. The minimum Gasteiger partial charge on any atom is -0.470 e. The smallest absolute Gasteiger partial charge is 0.255 e. The number of allylic oxidation sites excluding steroid dienone is 1. The summed E-state index contributed by atoms with van der Waals surface area (Å²) >= 11 is 0. The third kappa shape index (κ3) is 2.05. The van der Waals surface area contributed by atoms with Crippen molar-refractivity contribution >= 4 is 5.91 Å². The van der Waals surface area contributed by atoms with Crippen LogP contribution in [0.4, 0.5) is 0 Å². The SMILES string of the molecule is CCN1C(=O)C(C)=C(C)OC1c1ccccc1. The lowest BCUT2D eigenvalue weighted by Gasteiger charge is -2.36. The van der Waals surface area contributed by atoms with Gasteiger partial charge in [-0.15, -0.1) is 0 Å². The summed E-state index contributed by atoms with van der Waals surface area (Å²) in [6.07, 6.45) is -0.294. The van der Waals surface area contributed by atoms with Gasteiger partial charge < -0.3 is 4.74 Å². The molecule has 1 heterocycles. The molecule has 0 fully saturated rings. The fourth-order valence-corrected chi connectivity index (χ4v) is 1.97. The normalized spacial score (nSPS) is 20.5. The maximum atomic E-state index is 12.1. The molecule has 0 spiro atoms. The van der Waals surface area contributed by atoms with Gasteiger partial charge in [-0.05, 0) is 20.8 Å². The van der Waals surface area contributed by atoms with Gasteiger partial charge in [0.15, 0.2) is 0 Å². The molecule has 0 aromatic heterocycles. The molecule has 0 aliphatic carbocycles. The first kappa shape index (κ1) is 11.7. The summed E-state index contributed by atoms with van der Waals surface area (Å²) < 4.78 is 5.84. The number of nitrogens with zero attached hydrogens (tertiary/aromatic N) is 1. The Kier molecular flexibility index (Phi) is 3.18. The minimum atomic E-state index is -0.294. The number of hydrogen-bond acceptors (Lipinski definition) is 2. The highest BCUT2D eigenvalue weighted by atomic mass is 16.5. The van der Waals surface area contributed by atoms with Crippen molar-refractivity contribution < 1.29 is 9.53 Å². The summed E-state index contributed by atoms with van der Waals surface area (Å²) in [4.78, 5) is 13.9. The highest BCUT2D eigenvalue weighted by Crippen LogP contribution is 2.31. The molecule has 1 aromatic rings. The predicted molar refractivity (Wildman–Crippen MR) is 66.0 cm³/mol. The van der Waals surface area contributed by atoms with E-state index in [1.165, 1.54) is 0 Å². The van der Waals surface area contributed by atoms with Crippen molar-refractivity contribution in [2.75, 3.05) is 6.54 Å². The second-order valence-corrected chi connectivity index (χ2v) is 4.15. The Hall–Kier alpha value is -1.77. The second kappa shape index (κ2) is 4.62. The Morgan fingerprint density at radius 1 is 1.24 bits per heavy atom. The molecular formula is C14H17NO2. The van der Waals surface area contributed by atoms with Crippen LogP contribution in [0, 0.1) is 0 Å². The molecule has 3 heteroatoms. The van der Waals surface area contributed by atoms with Crippen molar-refractivity contribution in [2.45, 2.75) is 27.0 Å². The first-order chi connectivity index (χ1) is 8.15. The highest BCUT2D eigenvalue weighted by Gasteiger charge is 2.31. The maximum Gasteiger partial charge on any atom is 0.255 e. The van der Waals surface area contributed by atoms with Crippen molar-refractivity contribution in [1.82, 2.24) is 4.90 Å². The summed E-state index contributed by atoms with van der Waals surface area (Å²) in [5.74, 6) is 0.777. The molecular weight excluding hydrogens is 214 g/mol. The maximum absolute atomic E-state index is 12.1. The Balaban J connectivity index is 2.39. The van der Waals surface area contributed by atoms with E-state index in [4.69, 9.17) is 4.74 Å². The van der Waals surface area contributed by atoms with Crippen LogP contribution in [0.3, 0.4) is 0 Å². The monoisotopic (exact) mass is 231 g/mol. The molecule has 1 amide bonds. The van der Waals surface area contributed by atoms with Crippen molar-refractivity contribution in [3.8, 4) is 0 Å².